The first-order chi connectivity index (χ1) is 9.88. The fourth-order valence-corrected chi connectivity index (χ4v) is 2.36. The Kier molecular flexibility index (Phi) is 4.23. The third kappa shape index (κ3) is 3.79. The number of amides is 1. The standard InChI is InChI=1S/C14H14N2O4S/c1-21(19,20)11-6-4-10(5-7-11)9-16-14(18)12-3-2-8-15-13(12)17/h2-8H,9H2,1H3,(H,15,17)(H,16,18). The average Bonchev–Trinajstić information content (AvgIpc) is 2.45. The summed E-state index contributed by atoms with van der Waals surface area (Å²) in [5.41, 5.74) is 0.316. The first-order valence-electron chi connectivity index (χ1n) is 6.13. The van der Waals surface area contributed by atoms with Crippen molar-refractivity contribution in [3.8, 4) is 0 Å². The predicted molar refractivity (Wildman–Crippen MR) is 77.8 cm³/mol. The highest BCUT2D eigenvalue weighted by atomic mass is 32.2. The van der Waals surface area contributed by atoms with Crippen LogP contribution in [0.3, 0.4) is 0 Å². The molecule has 0 saturated heterocycles. The fourth-order valence-electron chi connectivity index (χ4n) is 1.73. The van der Waals surface area contributed by atoms with E-state index in [2.05, 4.69) is 10.3 Å². The minimum atomic E-state index is -3.23. The van der Waals surface area contributed by atoms with E-state index in [1.54, 1.807) is 18.2 Å². The number of hydrogen-bond acceptors (Lipinski definition) is 4. The van der Waals surface area contributed by atoms with Crippen LogP contribution in [0.5, 0.6) is 0 Å². The van der Waals surface area contributed by atoms with Crippen molar-refractivity contribution in [2.75, 3.05) is 6.26 Å². The van der Waals surface area contributed by atoms with E-state index in [0.717, 1.165) is 11.8 Å². The first-order valence-corrected chi connectivity index (χ1v) is 8.02. The zero-order valence-corrected chi connectivity index (χ0v) is 12.1. The maximum absolute atomic E-state index is 11.8. The first kappa shape index (κ1) is 15.0. The van der Waals surface area contributed by atoms with Crippen LogP contribution in [0.25, 0.3) is 0 Å². The summed E-state index contributed by atoms with van der Waals surface area (Å²) >= 11 is 0. The summed E-state index contributed by atoms with van der Waals surface area (Å²) in [7, 11) is -3.23. The van der Waals surface area contributed by atoms with Crippen LogP contribution in [0.15, 0.2) is 52.3 Å². The monoisotopic (exact) mass is 306 g/mol. The smallest absolute Gasteiger partial charge is 0.260 e. The third-order valence-electron chi connectivity index (χ3n) is 2.87. The number of carbonyl (C=O) groups excluding carboxylic acids is 1. The van der Waals surface area contributed by atoms with Gasteiger partial charge in [-0.1, -0.05) is 12.1 Å². The van der Waals surface area contributed by atoms with Gasteiger partial charge in [0.15, 0.2) is 9.84 Å². The van der Waals surface area contributed by atoms with E-state index >= 15 is 0 Å². The summed E-state index contributed by atoms with van der Waals surface area (Å²) in [4.78, 5) is 25.9. The largest absolute Gasteiger partial charge is 0.348 e. The average molecular weight is 306 g/mol. The van der Waals surface area contributed by atoms with E-state index in [9.17, 15) is 18.0 Å². The lowest BCUT2D eigenvalue weighted by Gasteiger charge is -2.05. The summed E-state index contributed by atoms with van der Waals surface area (Å²) < 4.78 is 22.6. The van der Waals surface area contributed by atoms with Gasteiger partial charge in [-0.25, -0.2) is 8.42 Å². The van der Waals surface area contributed by atoms with Crippen LogP contribution < -0.4 is 10.9 Å². The number of hydrogen-bond donors (Lipinski definition) is 2. The van der Waals surface area contributed by atoms with Crippen LogP contribution >= 0.6 is 0 Å². The lowest BCUT2D eigenvalue weighted by molar-refractivity contribution is 0.0949. The molecule has 0 aliphatic rings. The highest BCUT2D eigenvalue weighted by molar-refractivity contribution is 7.90. The zero-order chi connectivity index (χ0) is 15.5. The Morgan fingerprint density at radius 1 is 1.19 bits per heavy atom. The minimum Gasteiger partial charge on any atom is -0.348 e. The summed E-state index contributed by atoms with van der Waals surface area (Å²) in [6, 6.07) is 9.19. The Balaban J connectivity index is 2.05. The normalized spacial score (nSPS) is 11.1. The number of H-pyrrole nitrogens is 1. The molecule has 0 bridgehead atoms. The molecular weight excluding hydrogens is 292 g/mol. The number of sulfone groups is 1. The molecule has 1 aromatic carbocycles. The molecule has 2 rings (SSSR count). The Morgan fingerprint density at radius 3 is 2.43 bits per heavy atom. The molecule has 110 valence electrons. The Hall–Kier alpha value is -2.41. The molecule has 6 nitrogen and oxygen atoms in total. The van der Waals surface area contributed by atoms with E-state index < -0.39 is 21.3 Å². The molecule has 1 heterocycles. The minimum absolute atomic E-state index is 0.0326. The zero-order valence-electron chi connectivity index (χ0n) is 11.3. The predicted octanol–water partition coefficient (Wildman–Crippen LogP) is 0.708. The van der Waals surface area contributed by atoms with Gasteiger partial charge in [0.05, 0.1) is 4.90 Å². The topological polar surface area (TPSA) is 96.1 Å². The summed E-state index contributed by atoms with van der Waals surface area (Å²) in [5, 5.41) is 2.61. The van der Waals surface area contributed by atoms with Gasteiger partial charge in [-0.15, -0.1) is 0 Å². The molecule has 0 saturated carbocycles. The Morgan fingerprint density at radius 2 is 1.86 bits per heavy atom. The highest BCUT2D eigenvalue weighted by Gasteiger charge is 2.10. The quantitative estimate of drug-likeness (QED) is 0.869. The Labute approximate surface area is 121 Å². The van der Waals surface area contributed by atoms with E-state index in [1.165, 1.54) is 24.4 Å². The van der Waals surface area contributed by atoms with Gasteiger partial charge in [0.1, 0.15) is 5.56 Å². The number of nitrogens with one attached hydrogen (secondary N) is 2. The molecule has 0 aliphatic heterocycles. The van der Waals surface area contributed by atoms with E-state index in [0.29, 0.717) is 0 Å². The number of aromatic nitrogens is 1. The van der Waals surface area contributed by atoms with E-state index in [4.69, 9.17) is 0 Å². The van der Waals surface area contributed by atoms with Crippen molar-refractivity contribution in [3.63, 3.8) is 0 Å². The molecule has 0 spiro atoms. The van der Waals surface area contributed by atoms with Gasteiger partial charge in [-0.2, -0.15) is 0 Å². The SMILES string of the molecule is CS(=O)(=O)c1ccc(CNC(=O)c2ccc[nH]c2=O)cc1. The number of carbonyl (C=O) groups is 1. The molecule has 0 radical (unpaired) electrons. The van der Waals surface area contributed by atoms with Crippen molar-refractivity contribution in [2.45, 2.75) is 11.4 Å². The second kappa shape index (κ2) is 5.92. The van der Waals surface area contributed by atoms with E-state index in [-0.39, 0.29) is 17.0 Å². The van der Waals surface area contributed by atoms with Crippen molar-refractivity contribution in [3.05, 3.63) is 64.1 Å². The van der Waals surface area contributed by atoms with Gasteiger partial charge in [-0.05, 0) is 29.8 Å². The number of benzene rings is 1. The summed E-state index contributed by atoms with van der Waals surface area (Å²) in [6.45, 7) is 0.206. The van der Waals surface area contributed by atoms with Crippen LogP contribution in [0.2, 0.25) is 0 Å². The molecular formula is C14H14N2O4S. The van der Waals surface area contributed by atoms with Gasteiger partial charge >= 0.3 is 0 Å². The molecule has 1 amide bonds. The fraction of sp³-hybridized carbons (Fsp3) is 0.143. The molecule has 2 aromatic rings. The van der Waals surface area contributed by atoms with Gasteiger partial charge in [-0.3, -0.25) is 9.59 Å². The van der Waals surface area contributed by atoms with Crippen LogP contribution in [-0.2, 0) is 16.4 Å². The number of pyridine rings is 1. The molecule has 21 heavy (non-hydrogen) atoms. The lowest BCUT2D eigenvalue weighted by atomic mass is 10.2. The highest BCUT2D eigenvalue weighted by Crippen LogP contribution is 2.10. The van der Waals surface area contributed by atoms with Gasteiger partial charge < -0.3 is 10.3 Å². The third-order valence-corrected chi connectivity index (χ3v) is 4.00. The lowest BCUT2D eigenvalue weighted by Crippen LogP contribution is -2.28. The van der Waals surface area contributed by atoms with Crippen molar-refractivity contribution >= 4 is 15.7 Å². The molecule has 0 fully saturated rings. The molecule has 0 aliphatic carbocycles. The summed E-state index contributed by atoms with van der Waals surface area (Å²) in [6.07, 6.45) is 2.58. The second-order valence-corrected chi connectivity index (χ2v) is 6.53. The number of rotatable bonds is 4. The number of aromatic amines is 1. The second-order valence-electron chi connectivity index (χ2n) is 4.51. The molecule has 0 unspecified atom stereocenters. The van der Waals surface area contributed by atoms with Gasteiger partial charge in [0, 0.05) is 19.0 Å². The van der Waals surface area contributed by atoms with E-state index in [1.807, 2.05) is 0 Å². The van der Waals surface area contributed by atoms with Crippen molar-refractivity contribution < 1.29 is 13.2 Å². The molecule has 1 aromatic heterocycles. The van der Waals surface area contributed by atoms with Crippen molar-refractivity contribution in [2.24, 2.45) is 0 Å². The Bertz CT molecular complexity index is 807. The molecule has 0 atom stereocenters. The van der Waals surface area contributed by atoms with Gasteiger partial charge in [0.2, 0.25) is 0 Å². The maximum Gasteiger partial charge on any atom is 0.260 e. The van der Waals surface area contributed by atoms with Crippen LogP contribution in [0.1, 0.15) is 15.9 Å². The van der Waals surface area contributed by atoms with Crippen molar-refractivity contribution in [1.29, 1.82) is 0 Å². The van der Waals surface area contributed by atoms with Crippen LogP contribution in [0.4, 0.5) is 0 Å². The molecule has 2 N–H and O–H groups in total. The van der Waals surface area contributed by atoms with Crippen LogP contribution in [0, 0.1) is 0 Å². The molecule has 7 heteroatoms. The van der Waals surface area contributed by atoms with Gasteiger partial charge in [0.25, 0.3) is 11.5 Å². The summed E-state index contributed by atoms with van der Waals surface area (Å²) in [5.74, 6) is -0.482. The van der Waals surface area contributed by atoms with Crippen LogP contribution in [-0.4, -0.2) is 25.6 Å². The maximum atomic E-state index is 11.8. The van der Waals surface area contributed by atoms with Crippen molar-refractivity contribution in [1.82, 2.24) is 10.3 Å².